The number of Topliss-reactive ketones (excluding diaryl/α,β-unsaturated/α-hetero) is 1. The van der Waals surface area contributed by atoms with E-state index in [1.54, 1.807) is 0 Å². The minimum absolute atomic E-state index is 0.0143. The monoisotopic (exact) mass is 902 g/mol. The van der Waals surface area contributed by atoms with E-state index in [2.05, 4.69) is 19.6 Å². The normalized spacial score (nSPS) is 28.8. The molecule has 0 radical (unpaired) electrons. The molecule has 0 aromatic rings. The third-order valence-corrected chi connectivity index (χ3v) is 10.8. The van der Waals surface area contributed by atoms with Gasteiger partial charge in [0.25, 0.3) is 0 Å². The number of carbonyl (C=O) groups is 5. The molecule has 0 spiro atoms. The van der Waals surface area contributed by atoms with E-state index in [9.17, 15) is 44.4 Å². The summed E-state index contributed by atoms with van der Waals surface area (Å²) in [6.45, 7) is 14.7. The van der Waals surface area contributed by atoms with E-state index < -0.39 is 62.5 Å². The van der Waals surface area contributed by atoms with Gasteiger partial charge in [-0.05, 0) is 27.2 Å². The summed E-state index contributed by atoms with van der Waals surface area (Å²) in [5.41, 5.74) is 0. The predicted molar refractivity (Wildman–Crippen MR) is 216 cm³/mol. The second kappa shape index (κ2) is 32.9. The molecule has 0 bridgehead atoms. The Morgan fingerprint density at radius 3 is 0.934 bits per heavy atom. The number of hydrogen-bond acceptors (Lipinski definition) is 17. The van der Waals surface area contributed by atoms with Gasteiger partial charge >= 0.3 is 23.9 Å². The molecule has 8 atom stereocenters. The van der Waals surface area contributed by atoms with Gasteiger partial charge in [0.1, 0.15) is 6.10 Å². The van der Waals surface area contributed by atoms with Crippen LogP contribution in [0.15, 0.2) is 0 Å². The van der Waals surface area contributed by atoms with Gasteiger partial charge in [-0.25, -0.2) is 19.2 Å². The Bertz CT molecular complexity index is 1140. The van der Waals surface area contributed by atoms with Crippen LogP contribution in [-0.4, -0.2) is 213 Å². The van der Waals surface area contributed by atoms with Crippen LogP contribution in [0.4, 0.5) is 0 Å². The van der Waals surface area contributed by atoms with Gasteiger partial charge in [0.2, 0.25) is 0 Å². The first-order valence-corrected chi connectivity index (χ1v) is 24.3. The average molecular weight is 903 g/mol. The van der Waals surface area contributed by atoms with Crippen LogP contribution in [-0.2, 0) is 80.8 Å². The molecule has 61 heavy (non-hydrogen) atoms. The molecule has 2 heterocycles. The van der Waals surface area contributed by atoms with Crippen molar-refractivity contribution in [1.82, 2.24) is 0 Å². The van der Waals surface area contributed by atoms with Gasteiger partial charge in [-0.15, -0.1) is 0 Å². The van der Waals surface area contributed by atoms with Crippen molar-refractivity contribution in [3.8, 4) is 0 Å². The molecule has 21 nitrogen and oxygen atoms in total. The van der Waals surface area contributed by atoms with Crippen molar-refractivity contribution in [3.05, 3.63) is 0 Å². The number of aliphatic carboxylic acids is 4. The van der Waals surface area contributed by atoms with Gasteiger partial charge in [0.05, 0.1) is 124 Å². The summed E-state index contributed by atoms with van der Waals surface area (Å²) in [6.07, 6.45) is -5.58. The van der Waals surface area contributed by atoms with E-state index in [-0.39, 0.29) is 77.0 Å². The molecule has 2 fully saturated rings. The van der Waals surface area contributed by atoms with Crippen LogP contribution in [0.1, 0.15) is 40.0 Å². The van der Waals surface area contributed by atoms with Gasteiger partial charge in [0.15, 0.2) is 30.2 Å². The molecular weight excluding hydrogens is 832 g/mol. The Kier molecular flexibility index (Phi) is 30.4. The number of unbranched alkanes of at least 4 members (excludes halogenated alkanes) is 1. The molecule has 0 amide bonds. The van der Waals surface area contributed by atoms with Crippen molar-refractivity contribution in [2.75, 3.05) is 106 Å². The smallest absolute Gasteiger partial charge is 0.336 e. The molecule has 4 N–H and O–H groups in total. The number of rotatable bonds is 10. The molecule has 2 rings (SSSR count). The minimum Gasteiger partial charge on any atom is -0.479 e. The van der Waals surface area contributed by atoms with E-state index >= 15 is 0 Å². The van der Waals surface area contributed by atoms with Crippen molar-refractivity contribution in [1.29, 1.82) is 0 Å². The first kappa shape index (κ1) is 56.3. The molecule has 1 unspecified atom stereocenters. The van der Waals surface area contributed by atoms with Gasteiger partial charge in [-0.3, -0.25) is 4.79 Å². The number of carboxylic acid groups (broad SMARTS) is 4. The Balaban J connectivity index is 0.000000610. The first-order valence-electron chi connectivity index (χ1n) is 20.6. The predicted octanol–water partition coefficient (Wildman–Crippen LogP) is 1.62. The van der Waals surface area contributed by atoms with E-state index in [1.807, 2.05) is 20.8 Å². The summed E-state index contributed by atoms with van der Waals surface area (Å²) < 4.78 is 64.7. The summed E-state index contributed by atoms with van der Waals surface area (Å²) in [5.74, 6) is -6.06. The summed E-state index contributed by atoms with van der Waals surface area (Å²) >= 11 is 0. The number of carbonyl (C=O) groups excluding carboxylic acids is 1. The molecule has 0 aromatic carbocycles. The van der Waals surface area contributed by atoms with Gasteiger partial charge < -0.3 is 77.3 Å². The van der Waals surface area contributed by atoms with E-state index in [4.69, 9.17) is 56.8 Å². The maximum atomic E-state index is 12.8. The number of ether oxygens (including phenoxy) is 12. The summed E-state index contributed by atoms with van der Waals surface area (Å²) in [6, 6.07) is 1.24. The second-order valence-corrected chi connectivity index (χ2v) is 20.8. The lowest BCUT2D eigenvalue weighted by molar-refractivity contribution is -0.183. The maximum absolute atomic E-state index is 12.8. The highest BCUT2D eigenvalue weighted by Crippen LogP contribution is 2.17. The van der Waals surface area contributed by atoms with Crippen LogP contribution in [0.25, 0.3) is 0 Å². The van der Waals surface area contributed by atoms with Crippen molar-refractivity contribution >= 4 is 37.7 Å². The zero-order valence-corrected chi connectivity index (χ0v) is 37.5. The summed E-state index contributed by atoms with van der Waals surface area (Å²) in [7, 11) is -1.07. The zero-order chi connectivity index (χ0) is 45.6. The van der Waals surface area contributed by atoms with Gasteiger partial charge in [-0.2, -0.15) is 0 Å². The van der Waals surface area contributed by atoms with Crippen LogP contribution in [0.5, 0.6) is 0 Å². The van der Waals surface area contributed by atoms with Gasteiger partial charge in [0, 0.05) is 14.5 Å². The standard InChI is InChI=1S/C23H46O7Si.C16H24O14/c1-19-20(2)28-15-11-26-13-17-30-23(21(3)29-16-12-25-10-14-27-19)22(24)9-7-8-18-31(4,5)6;17-13(18)9-10(14(19)20)29-7-3-26-4-8-30-12(16(23)24)11(15(21)22)28-6-2-25-1-5-27-9/h19-21,23H,7-18H2,1-6H3;9-12H,1-8H2,(H,17,18)(H,19,20)(H,21,22)(H,23,24)/t19-,20-,21-,23?;9-,10-,11-,12-/m10/s1. The van der Waals surface area contributed by atoms with Crippen LogP contribution in [0.2, 0.25) is 25.7 Å². The number of carboxylic acids is 4. The number of hydrogen-bond donors (Lipinski definition) is 4. The minimum atomic E-state index is -1.79. The molecule has 0 aromatic heterocycles. The zero-order valence-electron chi connectivity index (χ0n) is 36.5. The Labute approximate surface area is 358 Å². The van der Waals surface area contributed by atoms with Crippen molar-refractivity contribution < 1.29 is 101 Å². The molecule has 22 heteroatoms. The third-order valence-electron chi connectivity index (χ3n) is 8.98. The van der Waals surface area contributed by atoms with Crippen LogP contribution in [0, 0.1) is 0 Å². The summed E-state index contributed by atoms with van der Waals surface area (Å²) in [5, 5.41) is 36.7. The summed E-state index contributed by atoms with van der Waals surface area (Å²) in [4.78, 5) is 58.0. The molecule has 2 saturated heterocycles. The van der Waals surface area contributed by atoms with E-state index in [1.165, 1.54) is 6.04 Å². The molecule has 356 valence electrons. The first-order chi connectivity index (χ1) is 29.0. The van der Waals surface area contributed by atoms with Crippen molar-refractivity contribution in [2.24, 2.45) is 0 Å². The van der Waals surface area contributed by atoms with Crippen LogP contribution in [0.3, 0.4) is 0 Å². The fourth-order valence-corrected chi connectivity index (χ4v) is 6.87. The number of ketones is 1. The highest BCUT2D eigenvalue weighted by molar-refractivity contribution is 6.76. The lowest BCUT2D eigenvalue weighted by atomic mass is 10.1. The highest BCUT2D eigenvalue weighted by atomic mass is 28.3. The maximum Gasteiger partial charge on any atom is 0.336 e. The fraction of sp³-hybridized carbons (Fsp3) is 0.872. The van der Waals surface area contributed by atoms with E-state index in [0.29, 0.717) is 59.3 Å². The quantitative estimate of drug-likeness (QED) is 0.179. The molecule has 2 aliphatic heterocycles. The van der Waals surface area contributed by atoms with Crippen molar-refractivity contribution in [2.45, 2.75) is 115 Å². The molecule has 2 aliphatic rings. The average Bonchev–Trinajstić information content (AvgIpc) is 3.18. The topological polar surface area (TPSA) is 277 Å². The Morgan fingerprint density at radius 1 is 0.393 bits per heavy atom. The van der Waals surface area contributed by atoms with Gasteiger partial charge in [-0.1, -0.05) is 32.1 Å². The highest BCUT2D eigenvalue weighted by Gasteiger charge is 2.37. The van der Waals surface area contributed by atoms with E-state index in [0.717, 1.165) is 12.8 Å². The molecular formula is C39H70O21Si. The third kappa shape index (κ3) is 26.5. The molecule has 0 saturated carbocycles. The Hall–Kier alpha value is -2.71. The van der Waals surface area contributed by atoms with Crippen molar-refractivity contribution in [3.63, 3.8) is 0 Å². The lowest BCUT2D eigenvalue weighted by Gasteiger charge is -2.24. The fourth-order valence-electron chi connectivity index (χ4n) is 5.56. The SMILES string of the molecule is C[C@H]1OCCOCCO[C@H](C)[C@@H](C)OCCOCCOC1C(=O)CCCC[Si](C)(C)C.O=C(O)[C@H]1OCCOCCO[C@H](C(=O)O)[C@@H](C(=O)O)OCCOCCO[C@@H]1C(=O)O. The Morgan fingerprint density at radius 2 is 0.656 bits per heavy atom. The van der Waals surface area contributed by atoms with Crippen LogP contribution < -0.4 is 0 Å². The molecule has 0 aliphatic carbocycles. The lowest BCUT2D eigenvalue weighted by Crippen LogP contribution is -2.45. The van der Waals surface area contributed by atoms with Crippen LogP contribution >= 0.6 is 0 Å². The second-order valence-electron chi connectivity index (χ2n) is 15.2. The largest absolute Gasteiger partial charge is 0.479 e.